The van der Waals surface area contributed by atoms with Crippen LogP contribution in [0.5, 0.6) is 0 Å². The molecule has 0 spiro atoms. The molecule has 13 heavy (non-hydrogen) atoms. The molecule has 3 heteroatoms. The number of nitrogens with zero attached hydrogens (tertiary/aromatic N) is 1. The Kier molecular flexibility index (Phi) is 1.70. The fraction of sp³-hybridized carbons (Fsp3) is 0.400. The van der Waals surface area contributed by atoms with Crippen molar-refractivity contribution in [3.63, 3.8) is 0 Å². The molecule has 1 heterocycles. The summed E-state index contributed by atoms with van der Waals surface area (Å²) in [6.07, 6.45) is 2.14. The summed E-state index contributed by atoms with van der Waals surface area (Å²) in [6.45, 7) is 1.44. The zero-order chi connectivity index (χ0) is 9.42. The molecular weight excluding hydrogens is 166 g/mol. The van der Waals surface area contributed by atoms with Gasteiger partial charge < -0.3 is 4.42 Å². The van der Waals surface area contributed by atoms with E-state index in [9.17, 15) is 4.79 Å². The Morgan fingerprint density at radius 3 is 2.85 bits per heavy atom. The second kappa shape index (κ2) is 2.74. The average molecular weight is 175 g/mol. The first kappa shape index (κ1) is 8.06. The van der Waals surface area contributed by atoms with Crippen molar-refractivity contribution in [2.24, 2.45) is 0 Å². The third-order valence-electron chi connectivity index (χ3n) is 2.18. The summed E-state index contributed by atoms with van der Waals surface area (Å²) in [6, 6.07) is 3.58. The van der Waals surface area contributed by atoms with E-state index < -0.39 is 0 Å². The first-order valence-electron chi connectivity index (χ1n) is 4.27. The van der Waals surface area contributed by atoms with E-state index in [1.807, 2.05) is 6.07 Å². The Balaban J connectivity index is 2.43. The Bertz CT molecular complexity index is 394. The van der Waals surface area contributed by atoms with Gasteiger partial charge in [-0.05, 0) is 12.8 Å². The first-order valence-corrected chi connectivity index (χ1v) is 4.27. The lowest BCUT2D eigenvalue weighted by Crippen LogP contribution is -1.86. The minimum atomic E-state index is -0.122. The zero-order valence-corrected chi connectivity index (χ0v) is 7.33. The smallest absolute Gasteiger partial charge is 0.194 e. The second-order valence-corrected chi connectivity index (χ2v) is 3.33. The Morgan fingerprint density at radius 2 is 2.38 bits per heavy atom. The van der Waals surface area contributed by atoms with Crippen LogP contribution in [-0.4, -0.2) is 5.78 Å². The van der Waals surface area contributed by atoms with Gasteiger partial charge in [-0.2, -0.15) is 5.26 Å². The van der Waals surface area contributed by atoms with Gasteiger partial charge in [0.1, 0.15) is 11.8 Å². The monoisotopic (exact) mass is 175 g/mol. The first-order chi connectivity index (χ1) is 6.22. The lowest BCUT2D eigenvalue weighted by molar-refractivity contribution is 0.0985. The highest BCUT2D eigenvalue weighted by atomic mass is 16.3. The maximum Gasteiger partial charge on any atom is 0.194 e. The van der Waals surface area contributed by atoms with Crippen molar-refractivity contribution in [3.05, 3.63) is 23.2 Å². The van der Waals surface area contributed by atoms with Crippen molar-refractivity contribution in [1.29, 1.82) is 5.26 Å². The molecule has 0 atom stereocenters. The number of ketones is 1. The van der Waals surface area contributed by atoms with Gasteiger partial charge in [0.25, 0.3) is 0 Å². The molecule has 1 aliphatic carbocycles. The third kappa shape index (κ3) is 1.35. The summed E-state index contributed by atoms with van der Waals surface area (Å²) in [7, 11) is 0. The van der Waals surface area contributed by atoms with Crippen LogP contribution in [0.15, 0.2) is 10.5 Å². The molecule has 1 aromatic rings. The molecular formula is C10H9NO2. The van der Waals surface area contributed by atoms with Crippen molar-refractivity contribution >= 4 is 5.78 Å². The van der Waals surface area contributed by atoms with Crippen LogP contribution in [0.2, 0.25) is 0 Å². The van der Waals surface area contributed by atoms with E-state index in [2.05, 4.69) is 0 Å². The molecule has 0 N–H and O–H groups in total. The number of hydrogen-bond acceptors (Lipinski definition) is 3. The molecule has 1 aliphatic rings. The Hall–Kier alpha value is -1.56. The normalized spacial score (nSPS) is 15.4. The topological polar surface area (TPSA) is 54.0 Å². The Morgan fingerprint density at radius 1 is 1.69 bits per heavy atom. The predicted octanol–water partition coefficient (Wildman–Crippen LogP) is 2.23. The van der Waals surface area contributed by atoms with Gasteiger partial charge >= 0.3 is 0 Å². The van der Waals surface area contributed by atoms with Crippen LogP contribution in [-0.2, 0) is 0 Å². The number of hydrogen-bond donors (Lipinski definition) is 0. The van der Waals surface area contributed by atoms with Gasteiger partial charge in [-0.15, -0.1) is 0 Å². The second-order valence-electron chi connectivity index (χ2n) is 3.33. The number of nitriles is 1. The minimum absolute atomic E-state index is 0.122. The van der Waals surface area contributed by atoms with Crippen LogP contribution < -0.4 is 0 Å². The van der Waals surface area contributed by atoms with Gasteiger partial charge in [-0.3, -0.25) is 4.79 Å². The van der Waals surface area contributed by atoms with Crippen LogP contribution in [0.3, 0.4) is 0 Å². The standard InChI is InChI=1S/C10H9NO2/c1-6(12)9-4-8(5-11)10(13-9)7-2-3-7/h4,7H,2-3H2,1H3. The van der Waals surface area contributed by atoms with Crippen molar-refractivity contribution in [2.75, 3.05) is 0 Å². The van der Waals surface area contributed by atoms with E-state index in [4.69, 9.17) is 9.68 Å². The van der Waals surface area contributed by atoms with E-state index in [1.54, 1.807) is 0 Å². The zero-order valence-electron chi connectivity index (χ0n) is 7.33. The number of carbonyl (C=O) groups excluding carboxylic acids is 1. The molecule has 1 fully saturated rings. The molecule has 0 bridgehead atoms. The van der Waals surface area contributed by atoms with Gasteiger partial charge in [0.05, 0.1) is 5.56 Å². The number of Topliss-reactive ketones (excluding diaryl/α,β-unsaturated/α-hetero) is 1. The SMILES string of the molecule is CC(=O)c1cc(C#N)c(C2CC2)o1. The highest BCUT2D eigenvalue weighted by Gasteiger charge is 2.30. The minimum Gasteiger partial charge on any atom is -0.456 e. The Labute approximate surface area is 76.0 Å². The van der Waals surface area contributed by atoms with Crippen molar-refractivity contribution in [3.8, 4) is 6.07 Å². The fourth-order valence-corrected chi connectivity index (χ4v) is 1.31. The van der Waals surface area contributed by atoms with Crippen LogP contribution in [0, 0.1) is 11.3 Å². The van der Waals surface area contributed by atoms with Crippen molar-refractivity contribution in [1.82, 2.24) is 0 Å². The number of furan rings is 1. The molecule has 66 valence electrons. The van der Waals surface area contributed by atoms with E-state index in [0.29, 0.717) is 23.0 Å². The van der Waals surface area contributed by atoms with Gasteiger partial charge in [0, 0.05) is 18.9 Å². The highest BCUT2D eigenvalue weighted by Crippen LogP contribution is 2.42. The predicted molar refractivity (Wildman–Crippen MR) is 45.4 cm³/mol. The molecule has 2 rings (SSSR count). The quantitative estimate of drug-likeness (QED) is 0.647. The summed E-state index contributed by atoms with van der Waals surface area (Å²) in [5.74, 6) is 1.26. The van der Waals surface area contributed by atoms with Crippen molar-refractivity contribution in [2.45, 2.75) is 25.7 Å². The summed E-state index contributed by atoms with van der Waals surface area (Å²) >= 11 is 0. The molecule has 3 nitrogen and oxygen atoms in total. The van der Waals surface area contributed by atoms with E-state index in [-0.39, 0.29) is 5.78 Å². The largest absolute Gasteiger partial charge is 0.456 e. The van der Waals surface area contributed by atoms with Crippen LogP contribution in [0.25, 0.3) is 0 Å². The molecule has 0 amide bonds. The summed E-state index contributed by atoms with van der Waals surface area (Å²) in [5, 5.41) is 8.77. The fourth-order valence-electron chi connectivity index (χ4n) is 1.31. The number of carbonyl (C=O) groups is 1. The van der Waals surface area contributed by atoms with Gasteiger partial charge in [-0.25, -0.2) is 0 Å². The summed E-state index contributed by atoms with van der Waals surface area (Å²) in [5.41, 5.74) is 0.521. The lowest BCUT2D eigenvalue weighted by atomic mass is 10.2. The summed E-state index contributed by atoms with van der Waals surface area (Å²) < 4.78 is 5.32. The highest BCUT2D eigenvalue weighted by molar-refractivity contribution is 5.91. The molecule has 0 aliphatic heterocycles. The van der Waals surface area contributed by atoms with E-state index in [0.717, 1.165) is 12.8 Å². The molecule has 0 radical (unpaired) electrons. The maximum atomic E-state index is 11.0. The molecule has 1 saturated carbocycles. The maximum absolute atomic E-state index is 11.0. The van der Waals surface area contributed by atoms with Crippen LogP contribution in [0.1, 0.15) is 47.6 Å². The molecule has 0 saturated heterocycles. The van der Waals surface area contributed by atoms with Gasteiger partial charge in [-0.1, -0.05) is 0 Å². The van der Waals surface area contributed by atoms with E-state index in [1.165, 1.54) is 13.0 Å². The van der Waals surface area contributed by atoms with Crippen LogP contribution in [0.4, 0.5) is 0 Å². The van der Waals surface area contributed by atoms with E-state index >= 15 is 0 Å². The summed E-state index contributed by atoms with van der Waals surface area (Å²) in [4.78, 5) is 11.0. The van der Waals surface area contributed by atoms with Crippen LogP contribution >= 0.6 is 0 Å². The number of rotatable bonds is 2. The molecule has 1 aromatic heterocycles. The molecule has 0 unspecified atom stereocenters. The van der Waals surface area contributed by atoms with Gasteiger partial charge in [0.2, 0.25) is 0 Å². The lowest BCUT2D eigenvalue weighted by Gasteiger charge is -1.89. The third-order valence-corrected chi connectivity index (χ3v) is 2.18. The van der Waals surface area contributed by atoms with Crippen molar-refractivity contribution < 1.29 is 9.21 Å². The van der Waals surface area contributed by atoms with Gasteiger partial charge in [0.15, 0.2) is 11.5 Å². The molecule has 0 aromatic carbocycles. The average Bonchev–Trinajstić information content (AvgIpc) is 2.84.